The van der Waals surface area contributed by atoms with Gasteiger partial charge in [-0.3, -0.25) is 9.69 Å². The Balaban J connectivity index is 2.57. The van der Waals surface area contributed by atoms with Gasteiger partial charge in [0.25, 0.3) is 0 Å². The van der Waals surface area contributed by atoms with Crippen molar-refractivity contribution < 1.29 is 32.2 Å². The molecule has 1 aliphatic heterocycles. The van der Waals surface area contributed by atoms with Crippen molar-refractivity contribution in [1.29, 1.82) is 0 Å². The first-order chi connectivity index (χ1) is 9.76. The minimum absolute atomic E-state index is 0.262. The van der Waals surface area contributed by atoms with Crippen LogP contribution in [0.2, 0.25) is 0 Å². The molecule has 0 saturated heterocycles. The van der Waals surface area contributed by atoms with Crippen LogP contribution in [0.25, 0.3) is 0 Å². The van der Waals surface area contributed by atoms with E-state index in [1.54, 1.807) is 0 Å². The van der Waals surface area contributed by atoms with E-state index >= 15 is 0 Å². The summed E-state index contributed by atoms with van der Waals surface area (Å²) in [7, 11) is 0. The van der Waals surface area contributed by atoms with E-state index in [1.807, 2.05) is 5.92 Å². The van der Waals surface area contributed by atoms with Gasteiger partial charge in [-0.2, -0.15) is 8.78 Å². The molecule has 0 bridgehead atoms. The van der Waals surface area contributed by atoms with E-state index in [9.17, 15) is 22.8 Å². The lowest BCUT2D eigenvalue weighted by molar-refractivity contribution is -0.192. The van der Waals surface area contributed by atoms with Crippen LogP contribution < -0.4 is 20.1 Å². The Morgan fingerprint density at radius 2 is 2.19 bits per heavy atom. The van der Waals surface area contributed by atoms with Crippen molar-refractivity contribution in [2.75, 3.05) is 11.4 Å². The number of amides is 2. The van der Waals surface area contributed by atoms with Gasteiger partial charge in [0.1, 0.15) is 0 Å². The van der Waals surface area contributed by atoms with Gasteiger partial charge in [-0.25, -0.2) is 9.18 Å². The number of hydrogen-bond acceptors (Lipinski definition) is 4. The molecule has 0 saturated carbocycles. The molecule has 0 spiro atoms. The highest BCUT2D eigenvalue weighted by atomic mass is 19.3. The Kier molecular flexibility index (Phi) is 3.39. The van der Waals surface area contributed by atoms with Crippen LogP contribution in [0, 0.1) is 18.2 Å². The van der Waals surface area contributed by atoms with Gasteiger partial charge >= 0.3 is 18.1 Å². The summed E-state index contributed by atoms with van der Waals surface area (Å²) < 4.78 is 48.9. The molecule has 0 unspecified atom stereocenters. The molecule has 0 atom stereocenters. The maximum Gasteiger partial charge on any atom is 0.483 e. The number of alkyl halides is 2. The van der Waals surface area contributed by atoms with Crippen LogP contribution in [-0.4, -0.2) is 24.7 Å². The molecule has 0 aliphatic carbocycles. The SMILES string of the molecule is C#CCN1C(=O)C(F)(F)Oc2cc(F)c(OC(N)=O)cc21. The summed E-state index contributed by atoms with van der Waals surface area (Å²) in [5.74, 6) is -2.14. The standard InChI is InChI=1S/C12H7F3N2O4/c1-2-3-17-7-5-8(20-11(16)19)6(13)4-9(7)21-12(14,15)10(17)18/h1,4-5H,3H2,(H2,16,19). The molecular weight excluding hydrogens is 293 g/mol. The first-order valence-electron chi connectivity index (χ1n) is 5.39. The maximum atomic E-state index is 13.6. The number of halogens is 3. The summed E-state index contributed by atoms with van der Waals surface area (Å²) in [6.45, 7) is -0.508. The number of carbonyl (C=O) groups excluding carboxylic acids is 2. The van der Waals surface area contributed by atoms with Crippen LogP contribution in [0.4, 0.5) is 23.7 Å². The smallest absolute Gasteiger partial charge is 0.423 e. The van der Waals surface area contributed by atoms with Crippen molar-refractivity contribution in [3.05, 3.63) is 17.9 Å². The summed E-state index contributed by atoms with van der Waals surface area (Å²) in [5, 5.41) is 0. The molecule has 9 heteroatoms. The molecule has 6 nitrogen and oxygen atoms in total. The third-order valence-electron chi connectivity index (χ3n) is 2.50. The second-order valence-corrected chi connectivity index (χ2v) is 3.89. The average Bonchev–Trinajstić information content (AvgIpc) is 2.36. The zero-order valence-corrected chi connectivity index (χ0v) is 10.2. The number of anilines is 1. The van der Waals surface area contributed by atoms with Crippen molar-refractivity contribution >= 4 is 17.7 Å². The number of terminal acetylenes is 1. The lowest BCUT2D eigenvalue weighted by atomic mass is 10.2. The first kappa shape index (κ1) is 14.5. The van der Waals surface area contributed by atoms with Gasteiger partial charge in [0.15, 0.2) is 17.3 Å². The van der Waals surface area contributed by atoms with Crippen molar-refractivity contribution in [3.8, 4) is 23.8 Å². The van der Waals surface area contributed by atoms with Crippen LogP contribution >= 0.6 is 0 Å². The largest absolute Gasteiger partial charge is 0.483 e. The Morgan fingerprint density at radius 1 is 1.52 bits per heavy atom. The fourth-order valence-electron chi connectivity index (χ4n) is 1.70. The number of benzene rings is 1. The summed E-state index contributed by atoms with van der Waals surface area (Å²) >= 11 is 0. The fourth-order valence-corrected chi connectivity index (χ4v) is 1.70. The maximum absolute atomic E-state index is 13.6. The number of rotatable bonds is 2. The normalized spacial score (nSPS) is 15.7. The molecule has 0 radical (unpaired) electrons. The molecule has 1 aromatic carbocycles. The zero-order chi connectivity index (χ0) is 15.8. The van der Waals surface area contributed by atoms with Crippen molar-refractivity contribution in [2.24, 2.45) is 5.73 Å². The van der Waals surface area contributed by atoms with E-state index in [2.05, 4.69) is 9.47 Å². The molecular formula is C12H7F3N2O4. The Bertz CT molecular complexity index is 669. The van der Waals surface area contributed by atoms with Gasteiger partial charge in [-0.15, -0.1) is 6.42 Å². The molecule has 1 aromatic rings. The molecule has 0 aromatic heterocycles. The van der Waals surface area contributed by atoms with Crippen LogP contribution in [0.1, 0.15) is 0 Å². The minimum Gasteiger partial charge on any atom is -0.423 e. The van der Waals surface area contributed by atoms with Gasteiger partial charge in [-0.05, 0) is 0 Å². The molecule has 1 heterocycles. The van der Waals surface area contributed by atoms with Crippen molar-refractivity contribution in [1.82, 2.24) is 0 Å². The number of primary amides is 1. The second-order valence-electron chi connectivity index (χ2n) is 3.89. The molecule has 0 fully saturated rings. The Morgan fingerprint density at radius 3 is 2.76 bits per heavy atom. The lowest BCUT2D eigenvalue weighted by Gasteiger charge is -2.32. The lowest BCUT2D eigenvalue weighted by Crippen LogP contribution is -2.51. The fraction of sp³-hybridized carbons (Fsp3) is 0.167. The van der Waals surface area contributed by atoms with Crippen LogP contribution in [-0.2, 0) is 4.79 Å². The number of nitrogens with zero attached hydrogens (tertiary/aromatic N) is 1. The number of hydrogen-bond donors (Lipinski definition) is 1. The van der Waals surface area contributed by atoms with Crippen molar-refractivity contribution in [2.45, 2.75) is 6.11 Å². The van der Waals surface area contributed by atoms with E-state index in [1.165, 1.54) is 0 Å². The average molecular weight is 300 g/mol. The quantitative estimate of drug-likeness (QED) is 0.833. The Labute approximate surface area is 116 Å². The number of nitrogens with two attached hydrogens (primary N) is 1. The van der Waals surface area contributed by atoms with Gasteiger partial charge in [-0.1, -0.05) is 5.92 Å². The van der Waals surface area contributed by atoms with Crippen LogP contribution in [0.3, 0.4) is 0 Å². The van der Waals surface area contributed by atoms with Crippen LogP contribution in [0.5, 0.6) is 11.5 Å². The molecule has 110 valence electrons. The number of fused-ring (bicyclic) bond motifs is 1. The molecule has 2 N–H and O–H groups in total. The molecule has 21 heavy (non-hydrogen) atoms. The summed E-state index contributed by atoms with van der Waals surface area (Å²) in [6.07, 6.45) is -0.485. The molecule has 2 amide bonds. The Hall–Kier alpha value is -2.89. The minimum atomic E-state index is -4.18. The summed E-state index contributed by atoms with van der Waals surface area (Å²) in [5.41, 5.74) is 4.48. The molecule has 2 rings (SSSR count). The van der Waals surface area contributed by atoms with E-state index in [0.29, 0.717) is 11.0 Å². The highest BCUT2D eigenvalue weighted by Gasteiger charge is 2.50. The van der Waals surface area contributed by atoms with Gasteiger partial charge in [0.2, 0.25) is 0 Å². The predicted octanol–water partition coefficient (Wildman–Crippen LogP) is 1.23. The van der Waals surface area contributed by atoms with E-state index in [-0.39, 0.29) is 5.69 Å². The molecule has 1 aliphatic rings. The number of ether oxygens (including phenoxy) is 2. The van der Waals surface area contributed by atoms with E-state index < -0.39 is 42.0 Å². The highest BCUT2D eigenvalue weighted by molar-refractivity contribution is 6.01. The van der Waals surface area contributed by atoms with Crippen LogP contribution in [0.15, 0.2) is 12.1 Å². The number of carbonyl (C=O) groups is 2. The first-order valence-corrected chi connectivity index (χ1v) is 5.39. The third kappa shape index (κ3) is 2.55. The third-order valence-corrected chi connectivity index (χ3v) is 2.50. The zero-order valence-electron chi connectivity index (χ0n) is 10.2. The van der Waals surface area contributed by atoms with E-state index in [0.717, 1.165) is 6.07 Å². The monoisotopic (exact) mass is 300 g/mol. The second kappa shape index (κ2) is 4.90. The summed E-state index contributed by atoms with van der Waals surface area (Å²) in [6, 6.07) is 1.36. The highest BCUT2D eigenvalue weighted by Crippen LogP contribution is 2.42. The van der Waals surface area contributed by atoms with Gasteiger partial charge in [0, 0.05) is 12.1 Å². The summed E-state index contributed by atoms with van der Waals surface area (Å²) in [4.78, 5) is 22.7. The van der Waals surface area contributed by atoms with Crippen molar-refractivity contribution in [3.63, 3.8) is 0 Å². The predicted molar refractivity (Wildman–Crippen MR) is 63.4 cm³/mol. The van der Waals surface area contributed by atoms with Gasteiger partial charge in [0.05, 0.1) is 12.2 Å². The van der Waals surface area contributed by atoms with Gasteiger partial charge < -0.3 is 15.2 Å². The van der Waals surface area contributed by atoms with E-state index in [4.69, 9.17) is 12.2 Å². The topological polar surface area (TPSA) is 81.9 Å².